The Kier molecular flexibility index (Phi) is 6.57. The second kappa shape index (κ2) is 10.1. The molecule has 0 amide bonds. The number of nitrogens with zero attached hydrogens (tertiary/aromatic N) is 3. The Morgan fingerprint density at radius 1 is 1.06 bits per heavy atom. The van der Waals surface area contributed by atoms with Crippen molar-refractivity contribution in [2.45, 2.75) is 38.3 Å². The lowest BCUT2D eigenvalue weighted by atomic mass is 10.1. The van der Waals surface area contributed by atoms with Crippen LogP contribution in [0.3, 0.4) is 0 Å². The molecular formula is C28H30N4O3. The number of benzene rings is 2. The highest BCUT2D eigenvalue weighted by Crippen LogP contribution is 2.38. The zero-order chi connectivity index (χ0) is 24.2. The molecule has 1 N–H and O–H groups in total. The number of nitrogens with one attached hydrogen (secondary N) is 1. The lowest BCUT2D eigenvalue weighted by Crippen LogP contribution is -2.18. The second-order valence-corrected chi connectivity index (χ2v) is 8.91. The molecule has 1 aliphatic rings. The van der Waals surface area contributed by atoms with E-state index in [0.717, 1.165) is 46.8 Å². The minimum absolute atomic E-state index is 0.0577. The fraction of sp³-hybridized carbons (Fsp3) is 0.286. The first-order valence-corrected chi connectivity index (χ1v) is 12.0. The standard InChI is InChI=1S/C28H30N4O3/c1-31-28(33)25(18-30-31)21-8-5-9-22(15-21)32(19-20-7-6-14-29-17-20)23-12-13-26(34-2)27(16-23)35-24-10-3-4-11-24/h5-9,12-18,24,30H,3-4,10-11,19H2,1-2H3. The Morgan fingerprint density at radius 2 is 1.89 bits per heavy atom. The minimum atomic E-state index is -0.0577. The van der Waals surface area contributed by atoms with Crippen molar-refractivity contribution in [2.75, 3.05) is 12.0 Å². The highest BCUT2D eigenvalue weighted by molar-refractivity contribution is 5.73. The van der Waals surface area contributed by atoms with E-state index in [2.05, 4.69) is 33.2 Å². The van der Waals surface area contributed by atoms with Gasteiger partial charge in [0.1, 0.15) is 0 Å². The smallest absolute Gasteiger partial charge is 0.274 e. The van der Waals surface area contributed by atoms with E-state index in [1.54, 1.807) is 26.6 Å². The molecule has 4 aromatic rings. The summed E-state index contributed by atoms with van der Waals surface area (Å²) in [4.78, 5) is 19.1. The molecule has 0 bridgehead atoms. The summed E-state index contributed by atoms with van der Waals surface area (Å²) in [5, 5.41) is 2.96. The molecule has 180 valence electrons. The van der Waals surface area contributed by atoms with E-state index in [9.17, 15) is 4.79 Å². The summed E-state index contributed by atoms with van der Waals surface area (Å²) in [5.41, 5.74) is 4.45. The highest BCUT2D eigenvalue weighted by atomic mass is 16.5. The van der Waals surface area contributed by atoms with Gasteiger partial charge in [-0.25, -0.2) is 0 Å². The van der Waals surface area contributed by atoms with Crippen LogP contribution in [0.2, 0.25) is 0 Å². The Bertz CT molecular complexity index is 1340. The van der Waals surface area contributed by atoms with Crippen molar-refractivity contribution < 1.29 is 9.47 Å². The maximum atomic E-state index is 12.6. The van der Waals surface area contributed by atoms with Crippen molar-refractivity contribution in [2.24, 2.45) is 7.05 Å². The number of aromatic amines is 1. The summed E-state index contributed by atoms with van der Waals surface area (Å²) in [7, 11) is 3.39. The van der Waals surface area contributed by atoms with Gasteiger partial charge in [0, 0.05) is 49.6 Å². The van der Waals surface area contributed by atoms with Crippen molar-refractivity contribution in [1.29, 1.82) is 0 Å². The van der Waals surface area contributed by atoms with E-state index in [1.807, 2.05) is 42.6 Å². The van der Waals surface area contributed by atoms with E-state index in [0.29, 0.717) is 12.1 Å². The number of H-pyrrole nitrogens is 1. The number of anilines is 2. The third kappa shape index (κ3) is 4.94. The van der Waals surface area contributed by atoms with Crippen LogP contribution in [0.25, 0.3) is 11.1 Å². The third-order valence-electron chi connectivity index (χ3n) is 6.52. The molecule has 7 nitrogen and oxygen atoms in total. The number of rotatable bonds is 8. The molecule has 0 spiro atoms. The average molecular weight is 471 g/mol. The fourth-order valence-electron chi connectivity index (χ4n) is 4.63. The van der Waals surface area contributed by atoms with Crippen LogP contribution in [0.15, 0.2) is 78.0 Å². The van der Waals surface area contributed by atoms with Crippen molar-refractivity contribution in [3.63, 3.8) is 0 Å². The highest BCUT2D eigenvalue weighted by Gasteiger charge is 2.20. The minimum Gasteiger partial charge on any atom is -0.493 e. The van der Waals surface area contributed by atoms with Gasteiger partial charge >= 0.3 is 0 Å². The van der Waals surface area contributed by atoms with Gasteiger partial charge in [-0.3, -0.25) is 14.5 Å². The number of aryl methyl sites for hydroxylation is 1. The largest absolute Gasteiger partial charge is 0.493 e. The molecule has 7 heteroatoms. The number of pyridine rings is 1. The molecule has 2 aromatic carbocycles. The Hall–Kier alpha value is -4.00. The first kappa shape index (κ1) is 22.8. The summed E-state index contributed by atoms with van der Waals surface area (Å²) >= 11 is 0. The van der Waals surface area contributed by atoms with E-state index >= 15 is 0 Å². The Morgan fingerprint density at radius 3 is 2.60 bits per heavy atom. The van der Waals surface area contributed by atoms with Crippen LogP contribution in [-0.2, 0) is 13.6 Å². The SMILES string of the molecule is COc1ccc(N(Cc2cccnc2)c2cccc(-c3c[nH]n(C)c3=O)c2)cc1OC1CCCC1. The molecule has 0 unspecified atom stereocenters. The van der Waals surface area contributed by atoms with E-state index in [-0.39, 0.29) is 11.7 Å². The average Bonchev–Trinajstić information content (AvgIpc) is 3.53. The molecule has 2 heterocycles. The van der Waals surface area contributed by atoms with Crippen LogP contribution < -0.4 is 19.9 Å². The van der Waals surface area contributed by atoms with Crippen molar-refractivity contribution in [3.05, 3.63) is 89.1 Å². The van der Waals surface area contributed by atoms with Gasteiger partial charge < -0.3 is 19.5 Å². The maximum absolute atomic E-state index is 12.6. The first-order valence-electron chi connectivity index (χ1n) is 12.0. The van der Waals surface area contributed by atoms with Gasteiger partial charge in [-0.15, -0.1) is 0 Å². The van der Waals surface area contributed by atoms with Gasteiger partial charge in [0.15, 0.2) is 11.5 Å². The number of ether oxygens (including phenoxy) is 2. The summed E-state index contributed by atoms with van der Waals surface area (Å²) in [6.07, 6.45) is 10.2. The van der Waals surface area contributed by atoms with Crippen molar-refractivity contribution >= 4 is 11.4 Å². The second-order valence-electron chi connectivity index (χ2n) is 8.91. The number of hydrogen-bond acceptors (Lipinski definition) is 5. The molecule has 0 radical (unpaired) electrons. The lowest BCUT2D eigenvalue weighted by molar-refractivity contribution is 0.201. The topological polar surface area (TPSA) is 72.4 Å². The molecule has 0 aliphatic heterocycles. The quantitative estimate of drug-likeness (QED) is 0.371. The molecule has 0 atom stereocenters. The first-order chi connectivity index (χ1) is 17.1. The van der Waals surface area contributed by atoms with Gasteiger partial charge in [-0.1, -0.05) is 18.2 Å². The number of hydrogen-bond donors (Lipinski definition) is 1. The normalized spacial score (nSPS) is 13.7. The summed E-state index contributed by atoms with van der Waals surface area (Å²) in [6.45, 7) is 0.609. The van der Waals surface area contributed by atoms with E-state index in [1.165, 1.54) is 17.5 Å². The molecule has 2 aromatic heterocycles. The molecular weight excluding hydrogens is 440 g/mol. The van der Waals surface area contributed by atoms with Crippen LogP contribution in [0, 0.1) is 0 Å². The van der Waals surface area contributed by atoms with E-state index in [4.69, 9.17) is 9.47 Å². The van der Waals surface area contributed by atoms with Crippen LogP contribution in [0.1, 0.15) is 31.2 Å². The predicted octanol–water partition coefficient (Wildman–Crippen LogP) is 5.44. The van der Waals surface area contributed by atoms with E-state index < -0.39 is 0 Å². The predicted molar refractivity (Wildman–Crippen MR) is 137 cm³/mol. The van der Waals surface area contributed by atoms with Gasteiger partial charge in [0.25, 0.3) is 5.56 Å². The fourth-order valence-corrected chi connectivity index (χ4v) is 4.63. The molecule has 1 aliphatic carbocycles. The zero-order valence-electron chi connectivity index (χ0n) is 20.1. The van der Waals surface area contributed by atoms with Gasteiger partial charge in [-0.2, -0.15) is 0 Å². The monoisotopic (exact) mass is 470 g/mol. The Balaban J connectivity index is 1.56. The van der Waals surface area contributed by atoms with Crippen LogP contribution in [0.4, 0.5) is 11.4 Å². The summed E-state index contributed by atoms with van der Waals surface area (Å²) < 4.78 is 13.5. The van der Waals surface area contributed by atoms with Gasteiger partial charge in [0.2, 0.25) is 0 Å². The maximum Gasteiger partial charge on any atom is 0.274 e. The van der Waals surface area contributed by atoms with Crippen LogP contribution >= 0.6 is 0 Å². The van der Waals surface area contributed by atoms with Crippen LogP contribution in [0.5, 0.6) is 11.5 Å². The van der Waals surface area contributed by atoms with Gasteiger partial charge in [0.05, 0.1) is 18.8 Å². The lowest BCUT2D eigenvalue weighted by Gasteiger charge is -2.27. The molecule has 35 heavy (non-hydrogen) atoms. The van der Waals surface area contributed by atoms with Crippen molar-refractivity contribution in [3.8, 4) is 22.6 Å². The van der Waals surface area contributed by atoms with Crippen LogP contribution in [-0.4, -0.2) is 28.0 Å². The number of methoxy groups -OCH3 is 1. The number of aromatic nitrogens is 3. The van der Waals surface area contributed by atoms with Gasteiger partial charge in [-0.05, 0) is 67.1 Å². The third-order valence-corrected chi connectivity index (χ3v) is 6.52. The molecule has 5 rings (SSSR count). The Labute approximate surface area is 204 Å². The summed E-state index contributed by atoms with van der Waals surface area (Å²) in [5.74, 6) is 1.48. The zero-order valence-corrected chi connectivity index (χ0v) is 20.1. The molecule has 0 saturated heterocycles. The molecule has 1 fully saturated rings. The summed E-state index contributed by atoms with van der Waals surface area (Å²) in [6, 6.07) is 18.1. The van der Waals surface area contributed by atoms with Crippen molar-refractivity contribution in [1.82, 2.24) is 14.8 Å². The molecule has 1 saturated carbocycles.